The molecule has 0 radical (unpaired) electrons. The summed E-state index contributed by atoms with van der Waals surface area (Å²) in [7, 11) is 1.64. The number of benzene rings is 1. The van der Waals surface area contributed by atoms with E-state index < -0.39 is 11.7 Å². The van der Waals surface area contributed by atoms with E-state index in [-0.39, 0.29) is 11.6 Å². The minimum absolute atomic E-state index is 0.0742. The SMILES string of the molecule is C[C@H](O)c1cc2n(n1)CCN(C(=O)c1nc3ccccc3n(C)c1=O)C2. The average molecular weight is 353 g/mol. The molecule has 1 aromatic carbocycles. The fourth-order valence-corrected chi connectivity index (χ4v) is 3.23. The van der Waals surface area contributed by atoms with Crippen LogP contribution in [0.2, 0.25) is 0 Å². The first-order valence-electron chi connectivity index (χ1n) is 8.45. The molecule has 0 unspecified atom stereocenters. The Bertz CT molecular complexity index is 1070. The largest absolute Gasteiger partial charge is 0.387 e. The van der Waals surface area contributed by atoms with Crippen molar-refractivity contribution in [2.24, 2.45) is 7.05 Å². The molecule has 0 spiro atoms. The number of aliphatic hydroxyl groups is 1. The lowest BCUT2D eigenvalue weighted by Crippen LogP contribution is -2.41. The Morgan fingerprint density at radius 3 is 2.81 bits per heavy atom. The first-order valence-corrected chi connectivity index (χ1v) is 8.45. The van der Waals surface area contributed by atoms with Crippen molar-refractivity contribution < 1.29 is 9.90 Å². The molecule has 2 aromatic heterocycles. The number of aryl methyl sites for hydroxylation is 1. The molecule has 1 atom stereocenters. The number of aromatic nitrogens is 4. The van der Waals surface area contributed by atoms with Gasteiger partial charge in [-0.15, -0.1) is 0 Å². The van der Waals surface area contributed by atoms with Gasteiger partial charge in [-0.05, 0) is 25.1 Å². The molecule has 26 heavy (non-hydrogen) atoms. The van der Waals surface area contributed by atoms with Crippen molar-refractivity contribution in [3.8, 4) is 0 Å². The van der Waals surface area contributed by atoms with E-state index in [0.29, 0.717) is 36.4 Å². The highest BCUT2D eigenvalue weighted by Crippen LogP contribution is 2.19. The third-order valence-electron chi connectivity index (χ3n) is 4.72. The standard InChI is InChI=1S/C18H19N5O3/c1-11(24)14-9-12-10-22(7-8-23(12)20-14)18(26)16-17(25)21(2)15-6-4-3-5-13(15)19-16/h3-6,9,11,24H,7-8,10H2,1-2H3/t11-/m0/s1. The summed E-state index contributed by atoms with van der Waals surface area (Å²) in [5, 5.41) is 14.0. The number of amides is 1. The number of carbonyl (C=O) groups excluding carboxylic acids is 1. The van der Waals surface area contributed by atoms with Crippen LogP contribution in [0, 0.1) is 0 Å². The molecule has 1 N–H and O–H groups in total. The van der Waals surface area contributed by atoms with Gasteiger partial charge in [0, 0.05) is 13.6 Å². The van der Waals surface area contributed by atoms with Crippen LogP contribution in [-0.4, -0.2) is 41.8 Å². The molecular weight excluding hydrogens is 334 g/mol. The fraction of sp³-hybridized carbons (Fsp3) is 0.333. The molecular formula is C18H19N5O3. The molecule has 1 aliphatic heterocycles. The number of rotatable bonds is 2. The second-order valence-electron chi connectivity index (χ2n) is 6.50. The van der Waals surface area contributed by atoms with Crippen molar-refractivity contribution in [3.63, 3.8) is 0 Å². The Morgan fingerprint density at radius 1 is 1.27 bits per heavy atom. The molecule has 1 amide bonds. The smallest absolute Gasteiger partial charge is 0.282 e. The van der Waals surface area contributed by atoms with Crippen molar-refractivity contribution in [2.45, 2.75) is 26.1 Å². The molecule has 4 rings (SSSR count). The van der Waals surface area contributed by atoms with Crippen LogP contribution < -0.4 is 5.56 Å². The van der Waals surface area contributed by atoms with Gasteiger partial charge in [-0.25, -0.2) is 4.98 Å². The molecule has 0 fully saturated rings. The highest BCUT2D eigenvalue weighted by Gasteiger charge is 2.27. The maximum atomic E-state index is 12.9. The summed E-state index contributed by atoms with van der Waals surface area (Å²) in [6, 6.07) is 9.03. The summed E-state index contributed by atoms with van der Waals surface area (Å²) in [5.41, 5.74) is 2.23. The highest BCUT2D eigenvalue weighted by atomic mass is 16.3. The maximum absolute atomic E-state index is 12.9. The molecule has 0 bridgehead atoms. The van der Waals surface area contributed by atoms with Crippen molar-refractivity contribution >= 4 is 16.9 Å². The summed E-state index contributed by atoms with van der Waals surface area (Å²) in [6.45, 7) is 2.93. The van der Waals surface area contributed by atoms with Crippen LogP contribution >= 0.6 is 0 Å². The third-order valence-corrected chi connectivity index (χ3v) is 4.72. The lowest BCUT2D eigenvalue weighted by molar-refractivity contribution is 0.0697. The van der Waals surface area contributed by atoms with Crippen LogP contribution in [0.5, 0.6) is 0 Å². The molecule has 0 saturated carbocycles. The predicted molar refractivity (Wildman–Crippen MR) is 94.6 cm³/mol. The maximum Gasteiger partial charge on any atom is 0.282 e. The molecule has 8 nitrogen and oxygen atoms in total. The van der Waals surface area contributed by atoms with Crippen molar-refractivity contribution in [1.82, 2.24) is 24.2 Å². The zero-order valence-electron chi connectivity index (χ0n) is 14.6. The van der Waals surface area contributed by atoms with Crippen LogP contribution in [-0.2, 0) is 20.1 Å². The summed E-state index contributed by atoms with van der Waals surface area (Å²) in [4.78, 5) is 31.5. The Labute approximate surface area is 149 Å². The molecule has 3 heterocycles. The van der Waals surface area contributed by atoms with Crippen LogP contribution in [0.15, 0.2) is 35.1 Å². The van der Waals surface area contributed by atoms with Gasteiger partial charge in [0.25, 0.3) is 11.5 Å². The van der Waals surface area contributed by atoms with Gasteiger partial charge in [-0.3, -0.25) is 14.3 Å². The van der Waals surface area contributed by atoms with Gasteiger partial charge in [0.05, 0.1) is 41.6 Å². The zero-order valence-corrected chi connectivity index (χ0v) is 14.6. The summed E-state index contributed by atoms with van der Waals surface area (Å²) in [5.74, 6) is -0.387. The van der Waals surface area contributed by atoms with Crippen molar-refractivity contribution in [3.05, 3.63) is 57.8 Å². The summed E-state index contributed by atoms with van der Waals surface area (Å²) >= 11 is 0. The molecule has 134 valence electrons. The van der Waals surface area contributed by atoms with E-state index in [2.05, 4.69) is 10.1 Å². The second kappa shape index (κ2) is 6.06. The van der Waals surface area contributed by atoms with Crippen LogP contribution in [0.1, 0.15) is 34.9 Å². The van der Waals surface area contributed by atoms with Crippen LogP contribution in [0.25, 0.3) is 11.0 Å². The van der Waals surface area contributed by atoms with Gasteiger partial charge in [-0.1, -0.05) is 12.1 Å². The van der Waals surface area contributed by atoms with E-state index in [4.69, 9.17) is 0 Å². The number of hydrogen-bond donors (Lipinski definition) is 1. The van der Waals surface area contributed by atoms with Gasteiger partial charge in [0.2, 0.25) is 0 Å². The topological polar surface area (TPSA) is 93.2 Å². The number of hydrogen-bond acceptors (Lipinski definition) is 5. The Balaban J connectivity index is 1.69. The molecule has 8 heteroatoms. The molecule has 3 aromatic rings. The quantitative estimate of drug-likeness (QED) is 0.737. The van der Waals surface area contributed by atoms with Gasteiger partial charge in [0.1, 0.15) is 0 Å². The van der Waals surface area contributed by atoms with Crippen molar-refractivity contribution in [1.29, 1.82) is 0 Å². The van der Waals surface area contributed by atoms with E-state index in [9.17, 15) is 14.7 Å². The second-order valence-corrected chi connectivity index (χ2v) is 6.50. The Morgan fingerprint density at radius 2 is 2.04 bits per heavy atom. The summed E-state index contributed by atoms with van der Waals surface area (Å²) < 4.78 is 3.24. The number of fused-ring (bicyclic) bond motifs is 2. The molecule has 0 aliphatic carbocycles. The molecule has 0 saturated heterocycles. The third kappa shape index (κ3) is 2.59. The zero-order chi connectivity index (χ0) is 18.4. The van der Waals surface area contributed by atoms with Gasteiger partial charge >= 0.3 is 0 Å². The van der Waals surface area contributed by atoms with Crippen LogP contribution in [0.4, 0.5) is 0 Å². The fourth-order valence-electron chi connectivity index (χ4n) is 3.23. The Kier molecular flexibility index (Phi) is 3.84. The minimum Gasteiger partial charge on any atom is -0.387 e. The van der Waals surface area contributed by atoms with Gasteiger partial charge in [-0.2, -0.15) is 5.10 Å². The van der Waals surface area contributed by atoms with Crippen LogP contribution in [0.3, 0.4) is 0 Å². The van der Waals surface area contributed by atoms with E-state index in [1.807, 2.05) is 12.1 Å². The number of aliphatic hydroxyl groups excluding tert-OH is 1. The number of nitrogens with zero attached hydrogens (tertiary/aromatic N) is 5. The number of para-hydroxylation sites is 2. The van der Waals surface area contributed by atoms with Crippen molar-refractivity contribution in [2.75, 3.05) is 6.54 Å². The monoisotopic (exact) mass is 353 g/mol. The predicted octanol–water partition coefficient (Wildman–Crippen LogP) is 0.839. The highest BCUT2D eigenvalue weighted by molar-refractivity contribution is 5.93. The first kappa shape index (κ1) is 16.5. The van der Waals surface area contributed by atoms with Gasteiger partial charge in [0.15, 0.2) is 5.69 Å². The van der Waals surface area contributed by atoms with E-state index in [1.54, 1.807) is 41.8 Å². The van der Waals surface area contributed by atoms with Gasteiger partial charge < -0.3 is 14.6 Å². The average Bonchev–Trinajstić information content (AvgIpc) is 3.08. The Hall–Kier alpha value is -3.00. The van der Waals surface area contributed by atoms with E-state index in [1.165, 1.54) is 4.57 Å². The number of carbonyl (C=O) groups is 1. The van der Waals surface area contributed by atoms with E-state index in [0.717, 1.165) is 5.69 Å². The lowest BCUT2D eigenvalue weighted by atomic mass is 10.2. The summed E-state index contributed by atoms with van der Waals surface area (Å²) in [6.07, 6.45) is -0.660. The lowest BCUT2D eigenvalue weighted by Gasteiger charge is -2.27. The first-order chi connectivity index (χ1) is 12.5. The molecule has 1 aliphatic rings. The minimum atomic E-state index is -0.660. The van der Waals surface area contributed by atoms with E-state index >= 15 is 0 Å². The normalized spacial score (nSPS) is 15.1.